The van der Waals surface area contributed by atoms with Gasteiger partial charge in [-0.2, -0.15) is 0 Å². The number of aliphatic carboxylic acids is 1. The number of carbonyl (C=O) groups is 4. The van der Waals surface area contributed by atoms with E-state index >= 15 is 0 Å². The zero-order chi connectivity index (χ0) is 19.7. The minimum Gasteiger partial charge on any atom is -0.480 e. The average molecular weight is 360 g/mol. The number of aliphatic hydroxyl groups excluding tert-OH is 1. The highest BCUT2D eigenvalue weighted by molar-refractivity contribution is 5.92. The molecule has 144 valence electrons. The number of carbonyl (C=O) groups excluding carboxylic acids is 3. The Balaban J connectivity index is 5.05. The zero-order valence-electron chi connectivity index (χ0n) is 14.7. The highest BCUT2D eigenvalue weighted by Gasteiger charge is 2.32. The molecule has 0 aliphatic rings. The Morgan fingerprint density at radius 2 is 1.56 bits per heavy atom. The Morgan fingerprint density at radius 1 is 1.04 bits per heavy atom. The third-order valence-electron chi connectivity index (χ3n) is 3.88. The van der Waals surface area contributed by atoms with Crippen molar-refractivity contribution in [1.29, 1.82) is 0 Å². The molecule has 25 heavy (non-hydrogen) atoms. The van der Waals surface area contributed by atoms with Gasteiger partial charge < -0.3 is 32.3 Å². The highest BCUT2D eigenvalue weighted by Crippen LogP contribution is 2.10. The van der Waals surface area contributed by atoms with E-state index < -0.39 is 47.9 Å². The lowest BCUT2D eigenvalue weighted by atomic mass is 9.97. The second-order valence-corrected chi connectivity index (χ2v) is 6.05. The first-order valence-electron chi connectivity index (χ1n) is 8.06. The lowest BCUT2D eigenvalue weighted by molar-refractivity contribution is -0.145. The second kappa shape index (κ2) is 10.6. The Morgan fingerprint density at radius 3 is 1.96 bits per heavy atom. The number of aliphatic hydroxyl groups is 1. The van der Waals surface area contributed by atoms with Crippen molar-refractivity contribution in [3.05, 3.63) is 0 Å². The van der Waals surface area contributed by atoms with Crippen molar-refractivity contribution in [1.82, 2.24) is 10.6 Å². The van der Waals surface area contributed by atoms with Crippen LogP contribution in [0.25, 0.3) is 0 Å². The maximum Gasteiger partial charge on any atom is 0.328 e. The first-order valence-corrected chi connectivity index (χ1v) is 8.06. The summed E-state index contributed by atoms with van der Waals surface area (Å²) in [6.45, 7) is 4.74. The summed E-state index contributed by atoms with van der Waals surface area (Å²) >= 11 is 0. The minimum atomic E-state index is -1.50. The predicted octanol–water partition coefficient (Wildman–Crippen LogP) is -1.94. The monoisotopic (exact) mass is 360 g/mol. The molecule has 8 N–H and O–H groups in total. The van der Waals surface area contributed by atoms with Gasteiger partial charge in [0.05, 0.1) is 12.1 Å². The molecule has 5 atom stereocenters. The van der Waals surface area contributed by atoms with Gasteiger partial charge in [-0.05, 0) is 19.3 Å². The van der Waals surface area contributed by atoms with E-state index in [0.717, 1.165) is 0 Å². The van der Waals surface area contributed by atoms with Gasteiger partial charge in [0.15, 0.2) is 6.04 Å². The summed E-state index contributed by atoms with van der Waals surface area (Å²) in [6, 6.07) is -3.56. The molecule has 0 radical (unpaired) electrons. The lowest BCUT2D eigenvalue weighted by Gasteiger charge is -2.27. The molecule has 0 bridgehead atoms. The van der Waals surface area contributed by atoms with E-state index in [1.807, 2.05) is 0 Å². The molecular weight excluding hydrogens is 332 g/mol. The van der Waals surface area contributed by atoms with Gasteiger partial charge >= 0.3 is 5.97 Å². The molecular formula is C15H28N4O6. The van der Waals surface area contributed by atoms with Crippen molar-refractivity contribution in [3.63, 3.8) is 0 Å². The van der Waals surface area contributed by atoms with E-state index in [1.54, 1.807) is 13.8 Å². The second-order valence-electron chi connectivity index (χ2n) is 6.05. The van der Waals surface area contributed by atoms with E-state index in [0.29, 0.717) is 6.42 Å². The van der Waals surface area contributed by atoms with Gasteiger partial charge in [-0.25, -0.2) is 4.79 Å². The maximum atomic E-state index is 12.4. The van der Waals surface area contributed by atoms with Gasteiger partial charge in [-0.15, -0.1) is 0 Å². The van der Waals surface area contributed by atoms with E-state index in [1.165, 1.54) is 6.92 Å². The standard InChI is InChI=1S/C15H28N4O6/c1-4-7(2)11(14(23)19-12(8(3)20)15(24)25)18-13(22)9(16)5-6-10(17)21/h7-9,11-12,20H,4-6,16H2,1-3H3,(H2,17,21)(H,18,22)(H,19,23)(H,24,25). The Hall–Kier alpha value is -2.20. The summed E-state index contributed by atoms with van der Waals surface area (Å²) in [5.41, 5.74) is 10.7. The molecule has 0 fully saturated rings. The highest BCUT2D eigenvalue weighted by atomic mass is 16.4. The van der Waals surface area contributed by atoms with Gasteiger partial charge in [0.25, 0.3) is 0 Å². The van der Waals surface area contributed by atoms with Gasteiger partial charge in [0.2, 0.25) is 17.7 Å². The van der Waals surface area contributed by atoms with Crippen molar-refractivity contribution < 1.29 is 29.4 Å². The quantitative estimate of drug-likeness (QED) is 0.247. The fourth-order valence-electron chi connectivity index (χ4n) is 2.02. The summed E-state index contributed by atoms with van der Waals surface area (Å²) in [6.07, 6.45) is -0.826. The minimum absolute atomic E-state index is 0.0292. The van der Waals surface area contributed by atoms with Crippen LogP contribution < -0.4 is 22.1 Å². The van der Waals surface area contributed by atoms with E-state index in [-0.39, 0.29) is 18.8 Å². The Labute approximate surface area is 146 Å². The van der Waals surface area contributed by atoms with Crippen LogP contribution in [-0.2, 0) is 19.2 Å². The molecule has 0 spiro atoms. The number of carboxylic acids is 1. The number of primary amides is 1. The number of hydrogen-bond acceptors (Lipinski definition) is 6. The molecule has 0 heterocycles. The molecule has 10 nitrogen and oxygen atoms in total. The maximum absolute atomic E-state index is 12.4. The van der Waals surface area contributed by atoms with E-state index in [9.17, 15) is 24.3 Å². The van der Waals surface area contributed by atoms with Crippen molar-refractivity contribution >= 4 is 23.7 Å². The predicted molar refractivity (Wildman–Crippen MR) is 89.0 cm³/mol. The van der Waals surface area contributed by atoms with Gasteiger partial charge in [0.1, 0.15) is 6.04 Å². The molecule has 0 saturated heterocycles. The summed E-state index contributed by atoms with van der Waals surface area (Å²) in [4.78, 5) is 46.3. The Bertz CT molecular complexity index is 496. The number of hydrogen-bond donors (Lipinski definition) is 6. The molecule has 0 rings (SSSR count). The molecule has 0 aromatic rings. The van der Waals surface area contributed by atoms with Crippen molar-refractivity contribution in [3.8, 4) is 0 Å². The largest absolute Gasteiger partial charge is 0.480 e. The van der Waals surface area contributed by atoms with Crippen LogP contribution in [0.3, 0.4) is 0 Å². The molecule has 0 aliphatic heterocycles. The smallest absolute Gasteiger partial charge is 0.328 e. The Kier molecular flexibility index (Phi) is 9.69. The van der Waals surface area contributed by atoms with Crippen molar-refractivity contribution in [2.75, 3.05) is 0 Å². The van der Waals surface area contributed by atoms with Crippen LogP contribution in [0.1, 0.15) is 40.0 Å². The average Bonchev–Trinajstić information content (AvgIpc) is 2.53. The number of nitrogens with one attached hydrogen (secondary N) is 2. The molecule has 5 unspecified atom stereocenters. The normalized spacial score (nSPS) is 16.8. The lowest BCUT2D eigenvalue weighted by Crippen LogP contribution is -2.58. The van der Waals surface area contributed by atoms with Crippen LogP contribution in [-0.4, -0.2) is 58.1 Å². The number of carboxylic acid groups (broad SMARTS) is 1. The SMILES string of the molecule is CCC(C)C(NC(=O)C(N)CCC(N)=O)C(=O)NC(C(=O)O)C(C)O. The first kappa shape index (κ1) is 22.8. The summed E-state index contributed by atoms with van der Waals surface area (Å²) < 4.78 is 0. The molecule has 0 aromatic heterocycles. The molecule has 0 saturated carbocycles. The van der Waals surface area contributed by atoms with Crippen LogP contribution >= 0.6 is 0 Å². The zero-order valence-corrected chi connectivity index (χ0v) is 14.7. The summed E-state index contributed by atoms with van der Waals surface area (Å²) in [7, 11) is 0. The van der Waals surface area contributed by atoms with E-state index in [4.69, 9.17) is 16.6 Å². The van der Waals surface area contributed by atoms with Gasteiger partial charge in [-0.1, -0.05) is 20.3 Å². The first-order chi connectivity index (χ1) is 11.5. The van der Waals surface area contributed by atoms with E-state index in [2.05, 4.69) is 10.6 Å². The molecule has 0 aromatic carbocycles. The van der Waals surface area contributed by atoms with Crippen molar-refractivity contribution in [2.45, 2.75) is 64.3 Å². The van der Waals surface area contributed by atoms with Crippen LogP contribution in [0.15, 0.2) is 0 Å². The third-order valence-corrected chi connectivity index (χ3v) is 3.88. The van der Waals surface area contributed by atoms with Crippen LogP contribution in [0.4, 0.5) is 0 Å². The third kappa shape index (κ3) is 7.94. The number of nitrogens with two attached hydrogens (primary N) is 2. The molecule has 0 aliphatic carbocycles. The van der Waals surface area contributed by atoms with Crippen LogP contribution in [0, 0.1) is 5.92 Å². The van der Waals surface area contributed by atoms with Crippen LogP contribution in [0.2, 0.25) is 0 Å². The summed E-state index contributed by atoms with van der Waals surface area (Å²) in [5, 5.41) is 23.2. The fourth-order valence-corrected chi connectivity index (χ4v) is 2.02. The van der Waals surface area contributed by atoms with Gasteiger partial charge in [0, 0.05) is 6.42 Å². The molecule has 3 amide bonds. The molecule has 10 heteroatoms. The van der Waals surface area contributed by atoms with Crippen LogP contribution in [0.5, 0.6) is 0 Å². The number of amides is 3. The topological polar surface area (TPSA) is 185 Å². The summed E-state index contributed by atoms with van der Waals surface area (Å²) in [5.74, 6) is -3.68. The van der Waals surface area contributed by atoms with Gasteiger partial charge in [-0.3, -0.25) is 14.4 Å². The van der Waals surface area contributed by atoms with Crippen molar-refractivity contribution in [2.24, 2.45) is 17.4 Å². The fraction of sp³-hybridized carbons (Fsp3) is 0.733. The number of rotatable bonds is 11.